The smallest absolute Gasteiger partial charge is 0.317 e. The number of benzene rings is 2. The highest BCUT2D eigenvalue weighted by molar-refractivity contribution is 5.76. The van der Waals surface area contributed by atoms with E-state index in [1.54, 1.807) is 11.9 Å². The Morgan fingerprint density at radius 1 is 1.08 bits per heavy atom. The zero-order valence-corrected chi connectivity index (χ0v) is 14.8. The van der Waals surface area contributed by atoms with Crippen LogP contribution < -0.4 is 10.2 Å². The fraction of sp³-hybridized carbons (Fsp3) is 0.263. The van der Waals surface area contributed by atoms with Gasteiger partial charge in [-0.3, -0.25) is 0 Å². The van der Waals surface area contributed by atoms with Crippen LogP contribution >= 0.6 is 0 Å². The molecule has 6 heteroatoms. The Kier molecular flexibility index (Phi) is 4.88. The maximum absolute atomic E-state index is 12.3. The van der Waals surface area contributed by atoms with Crippen molar-refractivity contribution in [2.24, 2.45) is 0 Å². The molecule has 25 heavy (non-hydrogen) atoms. The fourth-order valence-corrected chi connectivity index (χ4v) is 2.60. The van der Waals surface area contributed by atoms with Crippen LogP contribution in [0.25, 0.3) is 11.0 Å². The highest BCUT2D eigenvalue weighted by Crippen LogP contribution is 2.13. The lowest BCUT2D eigenvalue weighted by Crippen LogP contribution is -2.36. The van der Waals surface area contributed by atoms with Crippen molar-refractivity contribution in [2.75, 3.05) is 26.0 Å². The number of H-pyrrole nitrogens is 1. The van der Waals surface area contributed by atoms with Crippen molar-refractivity contribution >= 4 is 22.8 Å². The fourth-order valence-electron chi connectivity index (χ4n) is 2.60. The molecule has 0 radical (unpaired) electrons. The second kappa shape index (κ2) is 7.25. The average Bonchev–Trinajstić information content (AvgIpc) is 3.02. The minimum atomic E-state index is -0.128. The van der Waals surface area contributed by atoms with E-state index in [2.05, 4.69) is 15.3 Å². The van der Waals surface area contributed by atoms with Gasteiger partial charge >= 0.3 is 6.03 Å². The first-order valence-electron chi connectivity index (χ1n) is 8.22. The molecule has 2 aromatic carbocycles. The van der Waals surface area contributed by atoms with E-state index in [9.17, 15) is 4.79 Å². The summed E-state index contributed by atoms with van der Waals surface area (Å²) in [5.74, 6) is 0.772. The molecule has 3 rings (SSSR count). The summed E-state index contributed by atoms with van der Waals surface area (Å²) in [6.45, 7) is 0.928. The molecular weight excluding hydrogens is 314 g/mol. The van der Waals surface area contributed by atoms with Gasteiger partial charge in [-0.2, -0.15) is 0 Å². The van der Waals surface area contributed by atoms with Crippen molar-refractivity contribution in [3.05, 3.63) is 59.9 Å². The second-order valence-electron chi connectivity index (χ2n) is 6.28. The van der Waals surface area contributed by atoms with Crippen molar-refractivity contribution in [1.82, 2.24) is 20.2 Å². The molecule has 6 nitrogen and oxygen atoms in total. The number of imidazole rings is 1. The van der Waals surface area contributed by atoms with Crippen LogP contribution in [0, 0.1) is 0 Å². The zero-order chi connectivity index (χ0) is 17.8. The van der Waals surface area contributed by atoms with E-state index in [1.807, 2.05) is 67.5 Å². The molecule has 0 fully saturated rings. The summed E-state index contributed by atoms with van der Waals surface area (Å²) in [6, 6.07) is 15.8. The first kappa shape index (κ1) is 16.8. The SMILES string of the molecule is CN(Cc1nc2ccccc2[nH]1)C(=O)NCc1ccc(N(C)C)cc1. The van der Waals surface area contributed by atoms with E-state index in [4.69, 9.17) is 0 Å². The molecule has 0 aliphatic carbocycles. The molecule has 1 heterocycles. The molecule has 2 N–H and O–H groups in total. The van der Waals surface area contributed by atoms with Crippen molar-refractivity contribution in [3.63, 3.8) is 0 Å². The summed E-state index contributed by atoms with van der Waals surface area (Å²) in [6.07, 6.45) is 0. The number of carbonyl (C=O) groups is 1. The van der Waals surface area contributed by atoms with Gasteiger partial charge in [0.2, 0.25) is 0 Å². The molecule has 0 saturated heterocycles. The van der Waals surface area contributed by atoms with Crippen LogP contribution in [0.2, 0.25) is 0 Å². The Morgan fingerprint density at radius 2 is 1.80 bits per heavy atom. The molecule has 0 bridgehead atoms. The lowest BCUT2D eigenvalue weighted by Gasteiger charge is -2.17. The number of anilines is 1. The Hall–Kier alpha value is -3.02. The van der Waals surface area contributed by atoms with E-state index < -0.39 is 0 Å². The van der Waals surface area contributed by atoms with Gasteiger partial charge in [-0.05, 0) is 29.8 Å². The van der Waals surface area contributed by atoms with Gasteiger partial charge in [-0.1, -0.05) is 24.3 Å². The van der Waals surface area contributed by atoms with Crippen LogP contribution in [-0.2, 0) is 13.1 Å². The summed E-state index contributed by atoms with van der Waals surface area (Å²) in [7, 11) is 5.77. The summed E-state index contributed by atoms with van der Waals surface area (Å²) in [5, 5.41) is 2.93. The number of nitrogens with one attached hydrogen (secondary N) is 2. The highest BCUT2D eigenvalue weighted by atomic mass is 16.2. The van der Waals surface area contributed by atoms with E-state index in [0.29, 0.717) is 13.1 Å². The van der Waals surface area contributed by atoms with Gasteiger partial charge in [-0.25, -0.2) is 9.78 Å². The van der Waals surface area contributed by atoms with E-state index in [0.717, 1.165) is 28.1 Å². The average molecular weight is 337 g/mol. The number of hydrogen-bond acceptors (Lipinski definition) is 3. The normalized spacial score (nSPS) is 10.7. The Balaban J connectivity index is 1.55. The third kappa shape index (κ3) is 4.09. The summed E-state index contributed by atoms with van der Waals surface area (Å²) in [5.41, 5.74) is 4.09. The summed E-state index contributed by atoms with van der Waals surface area (Å²) >= 11 is 0. The molecule has 0 unspecified atom stereocenters. The molecule has 2 amide bonds. The molecule has 130 valence electrons. The predicted octanol–water partition coefficient (Wildman–Crippen LogP) is 2.97. The number of urea groups is 1. The Labute approximate surface area is 147 Å². The molecule has 0 atom stereocenters. The van der Waals surface area contributed by atoms with Gasteiger partial charge in [0.05, 0.1) is 17.6 Å². The highest BCUT2D eigenvalue weighted by Gasteiger charge is 2.11. The monoisotopic (exact) mass is 337 g/mol. The summed E-state index contributed by atoms with van der Waals surface area (Å²) < 4.78 is 0. The predicted molar refractivity (Wildman–Crippen MR) is 101 cm³/mol. The van der Waals surface area contributed by atoms with Gasteiger partial charge in [0.15, 0.2) is 0 Å². The van der Waals surface area contributed by atoms with Crippen LogP contribution in [-0.4, -0.2) is 42.0 Å². The van der Waals surface area contributed by atoms with Crippen LogP contribution in [0.1, 0.15) is 11.4 Å². The van der Waals surface area contributed by atoms with Gasteiger partial charge in [0.25, 0.3) is 0 Å². The number of nitrogens with zero attached hydrogens (tertiary/aromatic N) is 3. The quantitative estimate of drug-likeness (QED) is 0.752. The lowest BCUT2D eigenvalue weighted by atomic mass is 10.2. The van der Waals surface area contributed by atoms with Gasteiger partial charge < -0.3 is 20.1 Å². The maximum atomic E-state index is 12.3. The minimum absolute atomic E-state index is 0.128. The molecule has 0 spiro atoms. The van der Waals surface area contributed by atoms with E-state index >= 15 is 0 Å². The summed E-state index contributed by atoms with van der Waals surface area (Å²) in [4.78, 5) is 23.7. The van der Waals surface area contributed by atoms with E-state index in [1.165, 1.54) is 0 Å². The molecule has 1 aromatic heterocycles. The minimum Gasteiger partial charge on any atom is -0.378 e. The van der Waals surface area contributed by atoms with Crippen molar-refractivity contribution in [2.45, 2.75) is 13.1 Å². The topological polar surface area (TPSA) is 64.3 Å². The van der Waals surface area contributed by atoms with Crippen LogP contribution in [0.3, 0.4) is 0 Å². The molecule has 0 saturated carbocycles. The van der Waals surface area contributed by atoms with Crippen molar-refractivity contribution in [1.29, 1.82) is 0 Å². The first-order valence-corrected chi connectivity index (χ1v) is 8.22. The van der Waals surface area contributed by atoms with Crippen LogP contribution in [0.15, 0.2) is 48.5 Å². The number of aromatic nitrogens is 2. The number of hydrogen-bond donors (Lipinski definition) is 2. The second-order valence-corrected chi connectivity index (χ2v) is 6.28. The lowest BCUT2D eigenvalue weighted by molar-refractivity contribution is 0.205. The Bertz CT molecular complexity index is 821. The largest absolute Gasteiger partial charge is 0.378 e. The van der Waals surface area contributed by atoms with E-state index in [-0.39, 0.29) is 6.03 Å². The number of para-hydroxylation sites is 2. The molecule has 0 aliphatic rings. The van der Waals surface area contributed by atoms with Gasteiger partial charge in [0.1, 0.15) is 5.82 Å². The van der Waals surface area contributed by atoms with Crippen molar-refractivity contribution < 1.29 is 4.79 Å². The maximum Gasteiger partial charge on any atom is 0.317 e. The number of amides is 2. The molecular formula is C19H23N5O. The van der Waals surface area contributed by atoms with Gasteiger partial charge in [0, 0.05) is 33.4 Å². The van der Waals surface area contributed by atoms with Crippen LogP contribution in [0.5, 0.6) is 0 Å². The number of rotatable bonds is 5. The number of carbonyl (C=O) groups excluding carboxylic acids is 1. The number of fused-ring (bicyclic) bond motifs is 1. The standard InChI is InChI=1S/C19H23N5O/c1-23(2)15-10-8-14(9-11-15)12-20-19(25)24(3)13-18-21-16-6-4-5-7-17(16)22-18/h4-11H,12-13H2,1-3H3,(H,20,25)(H,21,22). The van der Waals surface area contributed by atoms with Crippen molar-refractivity contribution in [3.8, 4) is 0 Å². The zero-order valence-electron chi connectivity index (χ0n) is 14.8. The number of aromatic amines is 1. The molecule has 3 aromatic rings. The third-order valence-electron chi connectivity index (χ3n) is 4.07. The Morgan fingerprint density at radius 3 is 2.48 bits per heavy atom. The van der Waals surface area contributed by atoms with Gasteiger partial charge in [-0.15, -0.1) is 0 Å². The molecule has 0 aliphatic heterocycles. The van der Waals surface area contributed by atoms with Crippen LogP contribution in [0.4, 0.5) is 10.5 Å². The third-order valence-corrected chi connectivity index (χ3v) is 4.07. The first-order chi connectivity index (χ1) is 12.0.